The minimum atomic E-state index is -0.321. The number of morpholine rings is 1. The summed E-state index contributed by atoms with van der Waals surface area (Å²) in [5.74, 6) is 0.0789. The van der Waals surface area contributed by atoms with Crippen molar-refractivity contribution >= 4 is 5.91 Å². The van der Waals surface area contributed by atoms with Gasteiger partial charge >= 0.3 is 0 Å². The summed E-state index contributed by atoms with van der Waals surface area (Å²) in [7, 11) is 1.48. The Hall–Kier alpha value is -1.74. The number of rotatable bonds is 8. The molecule has 7 nitrogen and oxygen atoms in total. The first kappa shape index (κ1) is 24.4. The van der Waals surface area contributed by atoms with Crippen molar-refractivity contribution in [2.75, 3.05) is 72.7 Å². The monoisotopic (exact) mass is 462 g/mol. The van der Waals surface area contributed by atoms with Gasteiger partial charge < -0.3 is 14.8 Å². The summed E-state index contributed by atoms with van der Waals surface area (Å²) in [5, 5.41) is 3.28. The Kier molecular flexibility index (Phi) is 8.57. The summed E-state index contributed by atoms with van der Waals surface area (Å²) in [5.41, 5.74) is 1.05. The van der Waals surface area contributed by atoms with Gasteiger partial charge in [0.2, 0.25) is 5.91 Å². The molecule has 1 amide bonds. The summed E-state index contributed by atoms with van der Waals surface area (Å²) in [6.07, 6.45) is 6.11. The van der Waals surface area contributed by atoms with Gasteiger partial charge in [0.1, 0.15) is 0 Å². The summed E-state index contributed by atoms with van der Waals surface area (Å²) >= 11 is 0. The van der Waals surface area contributed by atoms with Crippen LogP contribution in [0, 0.1) is 5.82 Å². The van der Waals surface area contributed by atoms with Gasteiger partial charge in [-0.1, -0.05) is 25.3 Å². The highest BCUT2D eigenvalue weighted by molar-refractivity contribution is 5.78. The van der Waals surface area contributed by atoms with E-state index >= 15 is 0 Å². The van der Waals surface area contributed by atoms with E-state index in [9.17, 15) is 9.18 Å². The SMILES string of the molecule is COc1ccc(CN2CCN(CC(=O)NCC3(N4CCOCC4)CCCCC3)CC2)cc1F. The maximum Gasteiger partial charge on any atom is 0.234 e. The smallest absolute Gasteiger partial charge is 0.234 e. The minimum absolute atomic E-state index is 0.101. The van der Waals surface area contributed by atoms with E-state index in [-0.39, 0.29) is 23.0 Å². The topological polar surface area (TPSA) is 57.3 Å². The molecule has 0 spiro atoms. The molecule has 33 heavy (non-hydrogen) atoms. The van der Waals surface area contributed by atoms with E-state index < -0.39 is 0 Å². The van der Waals surface area contributed by atoms with E-state index in [0.29, 0.717) is 13.1 Å². The quantitative estimate of drug-likeness (QED) is 0.639. The molecule has 184 valence electrons. The van der Waals surface area contributed by atoms with Crippen molar-refractivity contribution in [3.05, 3.63) is 29.6 Å². The fraction of sp³-hybridized carbons (Fsp3) is 0.720. The molecular formula is C25H39FN4O3. The molecule has 0 bridgehead atoms. The highest BCUT2D eigenvalue weighted by atomic mass is 19.1. The number of methoxy groups -OCH3 is 1. The zero-order valence-electron chi connectivity index (χ0n) is 20.0. The maximum atomic E-state index is 14.0. The predicted octanol–water partition coefficient (Wildman–Crippen LogP) is 2.10. The van der Waals surface area contributed by atoms with Gasteiger partial charge in [-0.05, 0) is 30.5 Å². The van der Waals surface area contributed by atoms with Crippen molar-refractivity contribution in [1.29, 1.82) is 0 Å². The van der Waals surface area contributed by atoms with Gasteiger partial charge in [0.05, 0.1) is 26.9 Å². The normalized spacial score (nSPS) is 22.7. The number of hydrogen-bond donors (Lipinski definition) is 1. The first-order valence-electron chi connectivity index (χ1n) is 12.4. The third-order valence-corrected chi connectivity index (χ3v) is 7.54. The number of carbonyl (C=O) groups excluding carboxylic acids is 1. The van der Waals surface area contributed by atoms with Crippen LogP contribution >= 0.6 is 0 Å². The Labute approximate surface area is 197 Å². The summed E-state index contributed by atoms with van der Waals surface area (Å²) < 4.78 is 24.5. The molecule has 0 radical (unpaired) electrons. The van der Waals surface area contributed by atoms with Crippen LogP contribution < -0.4 is 10.1 Å². The zero-order chi connectivity index (χ0) is 23.1. The Morgan fingerprint density at radius 1 is 1.06 bits per heavy atom. The summed E-state index contributed by atoms with van der Waals surface area (Å²) in [6.45, 7) is 8.87. The first-order valence-corrected chi connectivity index (χ1v) is 12.4. The molecule has 0 atom stereocenters. The number of nitrogens with one attached hydrogen (secondary N) is 1. The maximum absolute atomic E-state index is 14.0. The molecule has 1 aromatic rings. The van der Waals surface area contributed by atoms with Crippen LogP contribution in [0.3, 0.4) is 0 Å². The van der Waals surface area contributed by atoms with Crippen molar-refractivity contribution in [3.63, 3.8) is 0 Å². The lowest BCUT2D eigenvalue weighted by Crippen LogP contribution is -2.60. The lowest BCUT2D eigenvalue weighted by Gasteiger charge is -2.48. The first-order chi connectivity index (χ1) is 16.1. The molecule has 1 aromatic carbocycles. The fourth-order valence-corrected chi connectivity index (χ4v) is 5.55. The molecule has 8 heteroatoms. The molecule has 0 unspecified atom stereocenters. The summed E-state index contributed by atoms with van der Waals surface area (Å²) in [4.78, 5) is 19.9. The van der Waals surface area contributed by atoms with Crippen LogP contribution in [-0.2, 0) is 16.1 Å². The molecule has 2 heterocycles. The number of amides is 1. The van der Waals surface area contributed by atoms with E-state index in [0.717, 1.165) is 77.4 Å². The van der Waals surface area contributed by atoms with Crippen molar-refractivity contribution in [2.45, 2.75) is 44.2 Å². The molecule has 1 N–H and O–H groups in total. The van der Waals surface area contributed by atoms with Crippen LogP contribution in [0.2, 0.25) is 0 Å². The van der Waals surface area contributed by atoms with Crippen LogP contribution in [0.25, 0.3) is 0 Å². The second-order valence-electron chi connectivity index (χ2n) is 9.68. The highest BCUT2D eigenvalue weighted by Crippen LogP contribution is 2.33. The molecule has 3 aliphatic rings. The molecule has 0 aromatic heterocycles. The lowest BCUT2D eigenvalue weighted by molar-refractivity contribution is -0.124. The Morgan fingerprint density at radius 3 is 2.42 bits per heavy atom. The molecule has 2 aliphatic heterocycles. The number of benzene rings is 1. The van der Waals surface area contributed by atoms with Crippen molar-refractivity contribution in [2.24, 2.45) is 0 Å². The van der Waals surface area contributed by atoms with Crippen LogP contribution in [0.4, 0.5) is 4.39 Å². The van der Waals surface area contributed by atoms with Crippen LogP contribution in [0.5, 0.6) is 5.75 Å². The largest absolute Gasteiger partial charge is 0.494 e. The number of piperazine rings is 1. The number of hydrogen-bond acceptors (Lipinski definition) is 6. The van der Waals surface area contributed by atoms with Gasteiger partial charge in [-0.2, -0.15) is 0 Å². The third-order valence-electron chi connectivity index (χ3n) is 7.54. The lowest BCUT2D eigenvalue weighted by atomic mass is 9.79. The van der Waals surface area contributed by atoms with E-state index in [4.69, 9.17) is 9.47 Å². The van der Waals surface area contributed by atoms with Gasteiger partial charge in [0.25, 0.3) is 0 Å². The average Bonchev–Trinajstić information content (AvgIpc) is 2.85. The standard InChI is InChI=1S/C25H39FN4O3/c1-32-23-6-5-21(17-22(23)26)18-28-9-11-29(12-10-28)19-24(31)27-20-25(7-3-2-4-8-25)30-13-15-33-16-14-30/h5-6,17H,2-4,7-16,18-20H2,1H3,(H,27,31). The van der Waals surface area contributed by atoms with Gasteiger partial charge in [-0.25, -0.2) is 4.39 Å². The van der Waals surface area contributed by atoms with E-state index in [1.807, 2.05) is 6.07 Å². The zero-order valence-corrected chi connectivity index (χ0v) is 20.0. The van der Waals surface area contributed by atoms with Gasteiger partial charge in [-0.3, -0.25) is 19.5 Å². The van der Waals surface area contributed by atoms with Crippen molar-refractivity contribution in [3.8, 4) is 5.75 Å². The predicted molar refractivity (Wildman–Crippen MR) is 126 cm³/mol. The Bertz CT molecular complexity index is 773. The Balaban J connectivity index is 1.21. The van der Waals surface area contributed by atoms with E-state index in [1.54, 1.807) is 12.1 Å². The number of nitrogens with zero attached hydrogens (tertiary/aromatic N) is 3. The van der Waals surface area contributed by atoms with Gasteiger partial charge in [0, 0.05) is 57.9 Å². The Morgan fingerprint density at radius 2 is 1.76 bits per heavy atom. The van der Waals surface area contributed by atoms with E-state index in [1.165, 1.54) is 26.4 Å². The molecule has 2 saturated heterocycles. The molecule has 1 saturated carbocycles. The summed E-state index contributed by atoms with van der Waals surface area (Å²) in [6, 6.07) is 5.15. The number of halogens is 1. The van der Waals surface area contributed by atoms with Crippen LogP contribution in [0.15, 0.2) is 18.2 Å². The minimum Gasteiger partial charge on any atom is -0.494 e. The van der Waals surface area contributed by atoms with Crippen LogP contribution in [0.1, 0.15) is 37.7 Å². The third kappa shape index (κ3) is 6.44. The highest BCUT2D eigenvalue weighted by Gasteiger charge is 2.38. The number of ether oxygens (including phenoxy) is 2. The van der Waals surface area contributed by atoms with Gasteiger partial charge in [0.15, 0.2) is 11.6 Å². The molecule has 3 fully saturated rings. The number of carbonyl (C=O) groups is 1. The van der Waals surface area contributed by atoms with Crippen molar-refractivity contribution in [1.82, 2.24) is 20.0 Å². The fourth-order valence-electron chi connectivity index (χ4n) is 5.55. The molecule has 4 rings (SSSR count). The second kappa shape index (κ2) is 11.6. The average molecular weight is 463 g/mol. The molecule has 1 aliphatic carbocycles. The van der Waals surface area contributed by atoms with E-state index in [2.05, 4.69) is 20.0 Å². The second-order valence-corrected chi connectivity index (χ2v) is 9.68. The van der Waals surface area contributed by atoms with Gasteiger partial charge in [-0.15, -0.1) is 0 Å². The molecular weight excluding hydrogens is 423 g/mol. The van der Waals surface area contributed by atoms with Crippen LogP contribution in [-0.4, -0.2) is 98.8 Å². The van der Waals surface area contributed by atoms with Crippen molar-refractivity contribution < 1.29 is 18.7 Å².